The van der Waals surface area contributed by atoms with E-state index in [1.807, 2.05) is 0 Å². The van der Waals surface area contributed by atoms with Crippen molar-refractivity contribution in [1.82, 2.24) is 4.90 Å². The number of para-hydroxylation sites is 2. The van der Waals surface area contributed by atoms with E-state index in [1.54, 1.807) is 29.2 Å². The topological polar surface area (TPSA) is 77.5 Å². The molecule has 0 spiro atoms. The predicted molar refractivity (Wildman–Crippen MR) is 110 cm³/mol. The molecule has 2 heterocycles. The van der Waals surface area contributed by atoms with E-state index in [2.05, 4.69) is 4.74 Å². The number of hydrogen-bond donors (Lipinski definition) is 0. The van der Waals surface area contributed by atoms with Gasteiger partial charge in [0.05, 0.1) is 32.6 Å². The number of carbonyl (C=O) groups excluding carboxylic acids is 2. The van der Waals surface area contributed by atoms with Crippen LogP contribution in [0.1, 0.15) is 10.4 Å². The van der Waals surface area contributed by atoms with Crippen molar-refractivity contribution in [3.05, 3.63) is 48.0 Å². The molecule has 170 valence electrons. The maximum Gasteiger partial charge on any atom is 0.387 e. The molecule has 4 rings (SSSR count). The lowest BCUT2D eigenvalue weighted by Crippen LogP contribution is -2.54. The third-order valence-corrected chi connectivity index (χ3v) is 5.24. The second-order valence-electron chi connectivity index (χ2n) is 7.17. The molecule has 2 aliphatic heterocycles. The number of methoxy groups -OCH3 is 1. The van der Waals surface area contributed by atoms with Crippen molar-refractivity contribution in [3.63, 3.8) is 0 Å². The first-order valence-corrected chi connectivity index (χ1v) is 10.0. The summed E-state index contributed by atoms with van der Waals surface area (Å²) >= 11 is 0. The van der Waals surface area contributed by atoms with Gasteiger partial charge in [-0.25, -0.2) is 0 Å². The number of hydrogen-bond acceptors (Lipinski definition) is 6. The lowest BCUT2D eigenvalue weighted by Gasteiger charge is -2.37. The van der Waals surface area contributed by atoms with Crippen LogP contribution in [0.4, 0.5) is 14.5 Å². The van der Waals surface area contributed by atoms with Crippen LogP contribution in [0, 0.1) is 0 Å². The Hall–Kier alpha value is -3.40. The van der Waals surface area contributed by atoms with Crippen LogP contribution in [0.25, 0.3) is 0 Å². The van der Waals surface area contributed by atoms with E-state index in [0.29, 0.717) is 37.7 Å². The standard InChI is InChI=1S/C22H22F2N2O6/c1-29-18-12-14(6-7-17(18)32-22(23)24)20(27)26-13-19(21(28)25-8-10-30-11-9-25)31-16-5-3-2-4-15(16)26/h2-7,12,19,22H,8-11,13H2,1H3/t19-/m1/s1. The Morgan fingerprint density at radius 3 is 2.56 bits per heavy atom. The molecule has 2 aromatic carbocycles. The van der Waals surface area contributed by atoms with E-state index in [0.717, 1.165) is 0 Å². The summed E-state index contributed by atoms with van der Waals surface area (Å²) in [6.45, 7) is -1.21. The Labute approximate surface area is 183 Å². The quantitative estimate of drug-likeness (QED) is 0.700. The Morgan fingerprint density at radius 1 is 1.09 bits per heavy atom. The van der Waals surface area contributed by atoms with E-state index in [-0.39, 0.29) is 29.5 Å². The SMILES string of the molecule is COc1cc(C(=O)N2C[C@H](C(=O)N3CCOCC3)Oc3ccccc32)ccc1OC(F)F. The van der Waals surface area contributed by atoms with Gasteiger partial charge in [0.25, 0.3) is 11.8 Å². The summed E-state index contributed by atoms with van der Waals surface area (Å²) in [5.74, 6) is -0.426. The van der Waals surface area contributed by atoms with Gasteiger partial charge < -0.3 is 28.7 Å². The number of rotatable bonds is 5. The molecule has 2 amide bonds. The largest absolute Gasteiger partial charge is 0.493 e. The third-order valence-electron chi connectivity index (χ3n) is 5.24. The van der Waals surface area contributed by atoms with Crippen molar-refractivity contribution in [2.24, 2.45) is 0 Å². The number of benzene rings is 2. The average Bonchev–Trinajstić information content (AvgIpc) is 2.83. The molecule has 10 heteroatoms. The zero-order chi connectivity index (χ0) is 22.7. The van der Waals surface area contributed by atoms with E-state index in [9.17, 15) is 18.4 Å². The Bertz CT molecular complexity index is 996. The zero-order valence-corrected chi connectivity index (χ0v) is 17.3. The first-order chi connectivity index (χ1) is 15.5. The van der Waals surface area contributed by atoms with E-state index in [1.165, 1.54) is 30.2 Å². The Morgan fingerprint density at radius 2 is 1.84 bits per heavy atom. The molecule has 0 unspecified atom stereocenters. The molecule has 1 atom stereocenters. The minimum Gasteiger partial charge on any atom is -0.493 e. The highest BCUT2D eigenvalue weighted by atomic mass is 19.3. The summed E-state index contributed by atoms with van der Waals surface area (Å²) in [7, 11) is 1.29. The minimum atomic E-state index is -3.02. The fraction of sp³-hybridized carbons (Fsp3) is 0.364. The third kappa shape index (κ3) is 4.45. The number of carbonyl (C=O) groups is 2. The minimum absolute atomic E-state index is 0.00126. The van der Waals surface area contributed by atoms with Gasteiger partial charge in [-0.3, -0.25) is 9.59 Å². The lowest BCUT2D eigenvalue weighted by atomic mass is 10.1. The zero-order valence-electron chi connectivity index (χ0n) is 17.3. The van der Waals surface area contributed by atoms with Gasteiger partial charge in [0.1, 0.15) is 5.75 Å². The van der Waals surface area contributed by atoms with Crippen LogP contribution in [0.2, 0.25) is 0 Å². The van der Waals surface area contributed by atoms with Crippen molar-refractivity contribution >= 4 is 17.5 Å². The molecule has 2 aliphatic rings. The molecular formula is C22H22F2N2O6. The predicted octanol–water partition coefficient (Wildman–Crippen LogP) is 2.56. The van der Waals surface area contributed by atoms with Gasteiger partial charge >= 0.3 is 6.61 Å². The van der Waals surface area contributed by atoms with Crippen LogP contribution in [-0.2, 0) is 9.53 Å². The number of halogens is 2. The first-order valence-electron chi connectivity index (χ1n) is 10.0. The molecule has 1 fully saturated rings. The van der Waals surface area contributed by atoms with Crippen LogP contribution < -0.4 is 19.1 Å². The summed E-state index contributed by atoms with van der Waals surface area (Å²) in [5, 5.41) is 0. The second-order valence-corrected chi connectivity index (χ2v) is 7.17. The second kappa shape index (κ2) is 9.39. The van der Waals surface area contributed by atoms with Gasteiger partial charge in [0.15, 0.2) is 17.6 Å². The summed E-state index contributed by atoms with van der Waals surface area (Å²) in [4.78, 5) is 29.5. The molecule has 0 bridgehead atoms. The summed E-state index contributed by atoms with van der Waals surface area (Å²) in [6.07, 6.45) is -0.879. The number of amides is 2. The van der Waals surface area contributed by atoms with E-state index >= 15 is 0 Å². The van der Waals surface area contributed by atoms with E-state index in [4.69, 9.17) is 14.2 Å². The number of anilines is 1. The normalized spacial score (nSPS) is 18.1. The molecule has 0 radical (unpaired) electrons. The highest BCUT2D eigenvalue weighted by Gasteiger charge is 2.37. The maximum absolute atomic E-state index is 13.4. The van der Waals surface area contributed by atoms with Crippen LogP contribution in [0.3, 0.4) is 0 Å². The van der Waals surface area contributed by atoms with Crippen molar-refractivity contribution in [3.8, 4) is 17.2 Å². The monoisotopic (exact) mass is 448 g/mol. The molecule has 8 nitrogen and oxygen atoms in total. The van der Waals surface area contributed by atoms with Crippen LogP contribution in [0.5, 0.6) is 17.2 Å². The summed E-state index contributed by atoms with van der Waals surface area (Å²) < 4.78 is 46.0. The van der Waals surface area contributed by atoms with E-state index < -0.39 is 18.6 Å². The Balaban J connectivity index is 1.62. The first kappa shape index (κ1) is 21.8. The van der Waals surface area contributed by atoms with Crippen LogP contribution >= 0.6 is 0 Å². The molecule has 0 aromatic heterocycles. The van der Waals surface area contributed by atoms with Crippen molar-refractivity contribution < 1.29 is 37.3 Å². The fourth-order valence-corrected chi connectivity index (χ4v) is 3.69. The van der Waals surface area contributed by atoms with Gasteiger partial charge in [-0.2, -0.15) is 8.78 Å². The summed E-state index contributed by atoms with van der Waals surface area (Å²) in [5.41, 5.74) is 0.702. The van der Waals surface area contributed by atoms with Crippen LogP contribution in [0.15, 0.2) is 42.5 Å². The maximum atomic E-state index is 13.4. The smallest absolute Gasteiger partial charge is 0.387 e. The van der Waals surface area contributed by atoms with Gasteiger partial charge in [0, 0.05) is 18.7 Å². The molecule has 0 saturated carbocycles. The highest BCUT2D eigenvalue weighted by Crippen LogP contribution is 2.36. The highest BCUT2D eigenvalue weighted by molar-refractivity contribution is 6.08. The van der Waals surface area contributed by atoms with Crippen molar-refractivity contribution in [1.29, 1.82) is 0 Å². The van der Waals surface area contributed by atoms with Gasteiger partial charge in [-0.1, -0.05) is 12.1 Å². The van der Waals surface area contributed by atoms with Crippen molar-refractivity contribution in [2.45, 2.75) is 12.7 Å². The molecule has 2 aromatic rings. The lowest BCUT2D eigenvalue weighted by molar-refractivity contribution is -0.142. The van der Waals surface area contributed by atoms with Crippen molar-refractivity contribution in [2.75, 3.05) is 44.9 Å². The fourth-order valence-electron chi connectivity index (χ4n) is 3.69. The number of alkyl halides is 2. The number of morpholine rings is 1. The van der Waals surface area contributed by atoms with Crippen LogP contribution in [-0.4, -0.2) is 69.4 Å². The number of fused-ring (bicyclic) bond motifs is 1. The van der Waals surface area contributed by atoms with Gasteiger partial charge in [-0.05, 0) is 30.3 Å². The molecule has 0 N–H and O–H groups in total. The number of ether oxygens (including phenoxy) is 4. The summed E-state index contributed by atoms with van der Waals surface area (Å²) in [6, 6.07) is 10.9. The molecular weight excluding hydrogens is 426 g/mol. The average molecular weight is 448 g/mol. The Kier molecular flexibility index (Phi) is 6.40. The molecule has 1 saturated heterocycles. The van der Waals surface area contributed by atoms with Gasteiger partial charge in [0.2, 0.25) is 0 Å². The molecule has 0 aliphatic carbocycles. The van der Waals surface area contributed by atoms with Gasteiger partial charge in [-0.15, -0.1) is 0 Å². The number of nitrogens with zero attached hydrogens (tertiary/aromatic N) is 2. The molecule has 32 heavy (non-hydrogen) atoms.